The van der Waals surface area contributed by atoms with Crippen molar-refractivity contribution in [1.82, 2.24) is 0 Å². The second-order valence-corrected chi connectivity index (χ2v) is 8.79. The Bertz CT molecular complexity index is 1030. The zero-order valence-electron chi connectivity index (χ0n) is 18.1. The van der Waals surface area contributed by atoms with E-state index in [0.29, 0.717) is 18.7 Å². The van der Waals surface area contributed by atoms with E-state index in [2.05, 4.69) is 46.3 Å². The van der Waals surface area contributed by atoms with Crippen molar-refractivity contribution in [2.45, 2.75) is 63.2 Å². The SMILES string of the molecule is C#CCCCc1ccc2c(c1)C1(CCCCC1)c1cc(N=N)ccc1N2CCC(=N)N. The molecule has 160 valence electrons. The molecule has 1 heterocycles. The molecule has 0 radical (unpaired) electrons. The standard InChI is InChI=1S/C26H31N5/c1-2-3-5-8-19-9-11-23-21(17-19)26(14-6-4-7-15-26)22-18-20(30-29)10-12-24(22)31(23)16-13-25(27)28/h1,9-12,17-18,29H,3-8,13-16H2,(H3,27,28). The van der Waals surface area contributed by atoms with Crippen molar-refractivity contribution in [2.75, 3.05) is 11.4 Å². The molecule has 5 nitrogen and oxygen atoms in total. The summed E-state index contributed by atoms with van der Waals surface area (Å²) in [4.78, 5) is 2.31. The van der Waals surface area contributed by atoms with E-state index in [1.54, 1.807) is 0 Å². The van der Waals surface area contributed by atoms with Gasteiger partial charge >= 0.3 is 0 Å². The van der Waals surface area contributed by atoms with Gasteiger partial charge in [0, 0.05) is 36.2 Å². The minimum Gasteiger partial charge on any atom is -0.388 e. The summed E-state index contributed by atoms with van der Waals surface area (Å²) in [6, 6.07) is 13.0. The molecule has 31 heavy (non-hydrogen) atoms. The van der Waals surface area contributed by atoms with Crippen LogP contribution in [0.5, 0.6) is 0 Å². The van der Waals surface area contributed by atoms with Gasteiger partial charge in [0.2, 0.25) is 0 Å². The van der Waals surface area contributed by atoms with Crippen molar-refractivity contribution in [2.24, 2.45) is 10.8 Å². The van der Waals surface area contributed by atoms with Gasteiger partial charge in [-0.15, -0.1) is 12.3 Å². The van der Waals surface area contributed by atoms with E-state index in [1.165, 1.54) is 47.3 Å². The molecule has 4 N–H and O–H groups in total. The van der Waals surface area contributed by atoms with Gasteiger partial charge in [0.05, 0.1) is 11.5 Å². The first-order valence-corrected chi connectivity index (χ1v) is 11.3. The van der Waals surface area contributed by atoms with Crippen LogP contribution in [0.2, 0.25) is 0 Å². The fourth-order valence-electron chi connectivity index (χ4n) is 5.41. The molecule has 2 aromatic rings. The Kier molecular flexibility index (Phi) is 6.08. The van der Waals surface area contributed by atoms with Gasteiger partial charge in [-0.05, 0) is 66.6 Å². The van der Waals surface area contributed by atoms with Crippen LogP contribution in [0, 0.1) is 23.3 Å². The molecule has 0 bridgehead atoms. The number of nitrogens with zero attached hydrogens (tertiary/aromatic N) is 2. The molecular weight excluding hydrogens is 382 g/mol. The van der Waals surface area contributed by atoms with E-state index in [0.717, 1.165) is 32.1 Å². The highest BCUT2D eigenvalue weighted by molar-refractivity contribution is 5.82. The van der Waals surface area contributed by atoms with E-state index >= 15 is 0 Å². The van der Waals surface area contributed by atoms with Gasteiger partial charge in [0.25, 0.3) is 0 Å². The van der Waals surface area contributed by atoms with Crippen molar-refractivity contribution in [1.29, 1.82) is 10.9 Å². The van der Waals surface area contributed by atoms with Crippen molar-refractivity contribution < 1.29 is 0 Å². The van der Waals surface area contributed by atoms with Crippen LogP contribution in [-0.2, 0) is 11.8 Å². The number of fused-ring (bicyclic) bond motifs is 4. The molecule has 0 aromatic heterocycles. The summed E-state index contributed by atoms with van der Waals surface area (Å²) in [5.74, 6) is 2.95. The molecule has 1 saturated carbocycles. The number of nitrogens with one attached hydrogen (secondary N) is 2. The van der Waals surface area contributed by atoms with Crippen LogP contribution < -0.4 is 10.6 Å². The quantitative estimate of drug-likeness (QED) is 0.163. The van der Waals surface area contributed by atoms with Gasteiger partial charge in [-0.25, -0.2) is 5.53 Å². The summed E-state index contributed by atoms with van der Waals surface area (Å²) in [5, 5.41) is 11.5. The summed E-state index contributed by atoms with van der Waals surface area (Å²) < 4.78 is 0. The van der Waals surface area contributed by atoms with Crippen LogP contribution in [0.25, 0.3) is 0 Å². The van der Waals surface area contributed by atoms with Crippen molar-refractivity contribution in [3.63, 3.8) is 0 Å². The van der Waals surface area contributed by atoms with Crippen LogP contribution >= 0.6 is 0 Å². The van der Waals surface area contributed by atoms with Gasteiger partial charge in [0.15, 0.2) is 0 Å². The lowest BCUT2D eigenvalue weighted by atomic mass is 9.62. The third-order valence-electron chi connectivity index (χ3n) is 6.88. The smallest absolute Gasteiger partial charge is 0.0923 e. The molecule has 2 aliphatic rings. The van der Waals surface area contributed by atoms with Crippen molar-refractivity contribution >= 4 is 22.9 Å². The summed E-state index contributed by atoms with van der Waals surface area (Å²) in [6.07, 6.45) is 14.7. The normalized spacial score (nSPS) is 16.3. The Morgan fingerprint density at radius 3 is 2.48 bits per heavy atom. The number of benzene rings is 2. The molecule has 0 amide bonds. The topological polar surface area (TPSA) is 89.3 Å². The predicted octanol–water partition coefficient (Wildman–Crippen LogP) is 6.33. The number of amidine groups is 1. The van der Waals surface area contributed by atoms with E-state index < -0.39 is 0 Å². The number of nitrogens with two attached hydrogens (primary N) is 1. The lowest BCUT2D eigenvalue weighted by molar-refractivity contribution is 0.343. The van der Waals surface area contributed by atoms with Crippen LogP contribution in [0.3, 0.4) is 0 Å². The second-order valence-electron chi connectivity index (χ2n) is 8.79. The van der Waals surface area contributed by atoms with E-state index in [-0.39, 0.29) is 11.3 Å². The lowest BCUT2D eigenvalue weighted by Crippen LogP contribution is -2.39. The third-order valence-corrected chi connectivity index (χ3v) is 6.88. The highest BCUT2D eigenvalue weighted by Crippen LogP contribution is 2.56. The van der Waals surface area contributed by atoms with Crippen LogP contribution in [-0.4, -0.2) is 12.4 Å². The third kappa shape index (κ3) is 3.95. The molecule has 0 saturated heterocycles. The monoisotopic (exact) mass is 413 g/mol. The van der Waals surface area contributed by atoms with E-state index in [1.807, 2.05) is 6.07 Å². The number of aryl methyl sites for hydroxylation is 1. The molecular formula is C26H31N5. The summed E-state index contributed by atoms with van der Waals surface area (Å²) in [7, 11) is 0. The van der Waals surface area contributed by atoms with Gasteiger partial charge in [-0.1, -0.05) is 31.4 Å². The predicted molar refractivity (Wildman–Crippen MR) is 127 cm³/mol. The summed E-state index contributed by atoms with van der Waals surface area (Å²) in [6.45, 7) is 0.666. The molecule has 0 atom stereocenters. The van der Waals surface area contributed by atoms with Crippen LogP contribution in [0.15, 0.2) is 41.5 Å². The molecule has 0 unspecified atom stereocenters. The summed E-state index contributed by atoms with van der Waals surface area (Å²) >= 11 is 0. The number of anilines is 2. The largest absolute Gasteiger partial charge is 0.388 e. The van der Waals surface area contributed by atoms with Crippen molar-refractivity contribution in [3.05, 3.63) is 53.1 Å². The molecule has 1 spiro atoms. The molecule has 2 aromatic carbocycles. The van der Waals surface area contributed by atoms with Gasteiger partial charge in [-0.2, -0.15) is 5.11 Å². The maximum Gasteiger partial charge on any atom is 0.0923 e. The fraction of sp³-hybridized carbons (Fsp3) is 0.423. The number of hydrogen-bond acceptors (Lipinski definition) is 4. The number of hydrogen-bond donors (Lipinski definition) is 3. The zero-order valence-corrected chi connectivity index (χ0v) is 18.1. The number of rotatable bonds is 7. The Labute approximate surface area is 185 Å². The first-order chi connectivity index (χ1) is 15.1. The first-order valence-electron chi connectivity index (χ1n) is 11.3. The first kappa shape index (κ1) is 21.1. The lowest BCUT2D eigenvalue weighted by Gasteiger charge is -2.48. The average molecular weight is 414 g/mol. The average Bonchev–Trinajstić information content (AvgIpc) is 2.80. The Morgan fingerprint density at radius 2 is 1.81 bits per heavy atom. The molecule has 1 fully saturated rings. The molecule has 1 aliphatic carbocycles. The number of unbranched alkanes of at least 4 members (excludes halogenated alkanes) is 1. The maximum absolute atomic E-state index is 7.76. The zero-order chi connectivity index (χ0) is 21.8. The molecule has 5 heteroatoms. The highest BCUT2D eigenvalue weighted by Gasteiger charge is 2.44. The fourth-order valence-corrected chi connectivity index (χ4v) is 5.41. The second kappa shape index (κ2) is 8.93. The minimum atomic E-state index is -0.0432. The molecule has 1 aliphatic heterocycles. The van der Waals surface area contributed by atoms with Gasteiger partial charge in [-0.3, -0.25) is 5.41 Å². The van der Waals surface area contributed by atoms with Crippen molar-refractivity contribution in [3.8, 4) is 12.3 Å². The Morgan fingerprint density at radius 1 is 1.10 bits per heavy atom. The van der Waals surface area contributed by atoms with E-state index in [4.69, 9.17) is 23.1 Å². The van der Waals surface area contributed by atoms with Gasteiger partial charge in [0.1, 0.15) is 0 Å². The minimum absolute atomic E-state index is 0.0432. The number of terminal acetylenes is 1. The van der Waals surface area contributed by atoms with Crippen LogP contribution in [0.1, 0.15) is 68.1 Å². The highest BCUT2D eigenvalue weighted by atomic mass is 15.2. The van der Waals surface area contributed by atoms with E-state index in [9.17, 15) is 0 Å². The molecule has 4 rings (SSSR count). The van der Waals surface area contributed by atoms with Crippen LogP contribution in [0.4, 0.5) is 17.1 Å². The Balaban J connectivity index is 1.87. The summed E-state index contributed by atoms with van der Waals surface area (Å²) in [5.41, 5.74) is 20.3. The maximum atomic E-state index is 7.76. The Hall–Kier alpha value is -3.13. The van der Waals surface area contributed by atoms with Gasteiger partial charge < -0.3 is 10.6 Å².